The van der Waals surface area contributed by atoms with Crippen LogP contribution in [-0.2, 0) is 16.1 Å². The van der Waals surface area contributed by atoms with Crippen molar-refractivity contribution in [1.82, 2.24) is 14.8 Å². The van der Waals surface area contributed by atoms with Crippen LogP contribution >= 0.6 is 11.6 Å². The largest absolute Gasteiger partial charge is 0.545 e. The number of carboxylic acids is 1. The van der Waals surface area contributed by atoms with E-state index in [-0.39, 0.29) is 22.7 Å². The van der Waals surface area contributed by atoms with Gasteiger partial charge in [-0.2, -0.15) is 0 Å². The number of furan rings is 1. The Balaban J connectivity index is 1.73. The molecule has 3 aromatic rings. The summed E-state index contributed by atoms with van der Waals surface area (Å²) in [5.74, 6) is -2.58. The zero-order chi connectivity index (χ0) is 23.9. The summed E-state index contributed by atoms with van der Waals surface area (Å²) >= 11 is 5.94. The molecule has 2 aromatic heterocycles. The molecule has 0 bridgehead atoms. The maximum absolute atomic E-state index is 12.9. The van der Waals surface area contributed by atoms with Crippen molar-refractivity contribution in [3.8, 4) is 5.69 Å². The Morgan fingerprint density at radius 1 is 1.18 bits per heavy atom. The van der Waals surface area contributed by atoms with Crippen molar-refractivity contribution < 1.29 is 28.7 Å². The van der Waals surface area contributed by atoms with Crippen LogP contribution in [0.4, 0.5) is 4.79 Å². The van der Waals surface area contributed by atoms with Crippen molar-refractivity contribution in [3.63, 3.8) is 0 Å². The maximum Gasteiger partial charge on any atom is 0.331 e. The van der Waals surface area contributed by atoms with Gasteiger partial charge in [0.1, 0.15) is 11.3 Å². The number of urea groups is 1. The summed E-state index contributed by atoms with van der Waals surface area (Å²) in [4.78, 5) is 49.8. The molecule has 1 aromatic carbocycles. The third kappa shape index (κ3) is 4.06. The summed E-state index contributed by atoms with van der Waals surface area (Å²) in [5, 5.41) is 13.6. The highest BCUT2D eigenvalue weighted by molar-refractivity contribution is 6.33. The van der Waals surface area contributed by atoms with E-state index < -0.39 is 23.8 Å². The van der Waals surface area contributed by atoms with Crippen molar-refractivity contribution in [3.05, 3.63) is 81.5 Å². The van der Waals surface area contributed by atoms with Crippen molar-refractivity contribution in [1.29, 1.82) is 0 Å². The number of aromatic carboxylic acids is 1. The lowest BCUT2D eigenvalue weighted by Gasteiger charge is -2.25. The molecule has 0 atom stereocenters. The average molecular weight is 467 g/mol. The fourth-order valence-electron chi connectivity index (χ4n) is 3.69. The number of barbiturate groups is 1. The van der Waals surface area contributed by atoms with E-state index in [1.807, 2.05) is 0 Å². The van der Waals surface area contributed by atoms with Crippen LogP contribution in [0.25, 0.3) is 11.8 Å². The third-order valence-electron chi connectivity index (χ3n) is 5.28. The molecule has 0 saturated carbocycles. The first kappa shape index (κ1) is 22.1. The summed E-state index contributed by atoms with van der Waals surface area (Å²) in [6.07, 6.45) is 2.81. The fourth-order valence-corrected chi connectivity index (χ4v) is 3.89. The van der Waals surface area contributed by atoms with Gasteiger partial charge in [-0.05, 0) is 61.9 Å². The molecular weight excluding hydrogens is 450 g/mol. The Labute approximate surface area is 192 Å². The van der Waals surface area contributed by atoms with Crippen molar-refractivity contribution in [2.45, 2.75) is 20.4 Å². The molecule has 33 heavy (non-hydrogen) atoms. The van der Waals surface area contributed by atoms with E-state index in [2.05, 4.69) is 5.32 Å². The van der Waals surface area contributed by atoms with E-state index in [4.69, 9.17) is 16.0 Å². The van der Waals surface area contributed by atoms with Crippen molar-refractivity contribution >= 4 is 41.5 Å². The number of carbonyl (C=O) groups excluding carboxylic acids is 4. The number of aryl methyl sites for hydroxylation is 1. The van der Waals surface area contributed by atoms with Gasteiger partial charge >= 0.3 is 6.03 Å². The van der Waals surface area contributed by atoms with Gasteiger partial charge in [-0.3, -0.25) is 19.8 Å². The quantitative estimate of drug-likeness (QED) is 0.454. The van der Waals surface area contributed by atoms with E-state index in [0.717, 1.165) is 10.6 Å². The van der Waals surface area contributed by atoms with Crippen LogP contribution in [-0.4, -0.2) is 33.3 Å². The number of benzene rings is 1. The molecule has 1 fully saturated rings. The summed E-state index contributed by atoms with van der Waals surface area (Å²) in [6, 6.07) is 8.63. The van der Waals surface area contributed by atoms with Crippen molar-refractivity contribution in [2.75, 3.05) is 0 Å². The van der Waals surface area contributed by atoms with E-state index in [1.165, 1.54) is 24.5 Å². The van der Waals surface area contributed by atoms with E-state index in [1.54, 1.807) is 42.7 Å². The lowest BCUT2D eigenvalue weighted by Crippen LogP contribution is -2.53. The van der Waals surface area contributed by atoms with Gasteiger partial charge in [-0.25, -0.2) is 4.79 Å². The molecule has 3 heterocycles. The van der Waals surface area contributed by atoms with E-state index in [0.29, 0.717) is 22.7 Å². The van der Waals surface area contributed by atoms with Gasteiger partial charge in [-0.15, -0.1) is 0 Å². The number of rotatable bonds is 5. The molecule has 168 valence electrons. The summed E-state index contributed by atoms with van der Waals surface area (Å²) in [7, 11) is 0. The minimum absolute atomic E-state index is 0.0503. The number of hydrogen-bond donors (Lipinski definition) is 1. The minimum atomic E-state index is -1.41. The molecule has 1 aliphatic heterocycles. The summed E-state index contributed by atoms with van der Waals surface area (Å²) in [6.45, 7) is 3.42. The minimum Gasteiger partial charge on any atom is -0.545 e. The lowest BCUT2D eigenvalue weighted by atomic mass is 10.1. The normalized spacial score (nSPS) is 15.3. The van der Waals surface area contributed by atoms with Crippen LogP contribution in [0.15, 0.2) is 52.7 Å². The van der Waals surface area contributed by atoms with E-state index >= 15 is 0 Å². The number of amides is 4. The molecule has 9 nitrogen and oxygen atoms in total. The number of carboxylic acid groups (broad SMARTS) is 1. The molecule has 4 amide bonds. The van der Waals surface area contributed by atoms with Crippen LogP contribution in [0.3, 0.4) is 0 Å². The number of hydrogen-bond acceptors (Lipinski definition) is 6. The van der Waals surface area contributed by atoms with Crippen LogP contribution in [0.5, 0.6) is 0 Å². The molecule has 4 rings (SSSR count). The van der Waals surface area contributed by atoms with Crippen LogP contribution < -0.4 is 10.4 Å². The van der Waals surface area contributed by atoms with Gasteiger partial charge in [0.25, 0.3) is 11.8 Å². The second kappa shape index (κ2) is 8.44. The molecule has 1 aliphatic rings. The number of carbonyl (C=O) groups is 4. The highest BCUT2D eigenvalue weighted by Crippen LogP contribution is 2.27. The average Bonchev–Trinajstić information content (AvgIpc) is 3.36. The molecule has 1 N–H and O–H groups in total. The fraction of sp³-hybridized carbons (Fsp3) is 0.130. The highest BCUT2D eigenvalue weighted by atomic mass is 35.5. The van der Waals surface area contributed by atoms with Gasteiger partial charge < -0.3 is 18.9 Å². The number of halogens is 1. The molecule has 0 unspecified atom stereocenters. The third-order valence-corrected chi connectivity index (χ3v) is 5.61. The zero-order valence-corrected chi connectivity index (χ0v) is 18.3. The number of nitrogens with one attached hydrogen (secondary N) is 1. The van der Waals surface area contributed by atoms with E-state index in [9.17, 15) is 24.3 Å². The summed E-state index contributed by atoms with van der Waals surface area (Å²) in [5.41, 5.74) is 2.05. The number of aromatic nitrogens is 1. The van der Waals surface area contributed by atoms with Crippen LogP contribution in [0.1, 0.15) is 33.1 Å². The molecule has 0 radical (unpaired) electrons. The Morgan fingerprint density at radius 3 is 2.61 bits per heavy atom. The second-order valence-corrected chi connectivity index (χ2v) is 7.81. The predicted molar refractivity (Wildman–Crippen MR) is 115 cm³/mol. The Morgan fingerprint density at radius 2 is 1.94 bits per heavy atom. The molecule has 0 spiro atoms. The Hall–Kier alpha value is -4.11. The second-order valence-electron chi connectivity index (χ2n) is 7.40. The first-order valence-corrected chi connectivity index (χ1v) is 10.2. The lowest BCUT2D eigenvalue weighted by molar-refractivity contribution is -0.255. The van der Waals surface area contributed by atoms with Gasteiger partial charge in [-0.1, -0.05) is 11.6 Å². The SMILES string of the molecule is Cc1cc(/C=C2/C(=O)NC(=O)N(Cc3ccco3)C2=O)c(C)n1-c1ccc(Cl)c(C(=O)[O-])c1. The zero-order valence-electron chi connectivity index (χ0n) is 17.5. The standard InChI is InChI=1S/C23H18ClN3O6/c1-12-8-14(13(2)27(12)15-5-6-19(24)17(10-15)22(30)31)9-18-20(28)25-23(32)26(21(18)29)11-16-4-3-7-33-16/h3-10H,11H2,1-2H3,(H,30,31)(H,25,28,32)/p-1/b18-9-. The van der Waals surface area contributed by atoms with Gasteiger partial charge in [0.05, 0.1) is 18.8 Å². The van der Waals surface area contributed by atoms with Crippen LogP contribution in [0, 0.1) is 13.8 Å². The highest BCUT2D eigenvalue weighted by Gasteiger charge is 2.36. The maximum atomic E-state index is 12.9. The molecule has 0 aliphatic carbocycles. The van der Waals surface area contributed by atoms with Crippen LogP contribution in [0.2, 0.25) is 5.02 Å². The molecule has 10 heteroatoms. The predicted octanol–water partition coefficient (Wildman–Crippen LogP) is 2.37. The molecule has 1 saturated heterocycles. The van der Waals surface area contributed by atoms with Gasteiger partial charge in [0.2, 0.25) is 0 Å². The first-order valence-electron chi connectivity index (χ1n) is 9.79. The topological polar surface area (TPSA) is 125 Å². The van der Waals surface area contributed by atoms with Gasteiger partial charge in [0, 0.05) is 27.7 Å². The smallest absolute Gasteiger partial charge is 0.331 e. The first-order chi connectivity index (χ1) is 15.7. The Kier molecular flexibility index (Phi) is 5.65. The molecular formula is C23H17ClN3O6-. The number of imide groups is 2. The summed E-state index contributed by atoms with van der Waals surface area (Å²) < 4.78 is 6.95. The van der Waals surface area contributed by atoms with Gasteiger partial charge in [0.15, 0.2) is 0 Å². The Bertz CT molecular complexity index is 1340. The number of nitrogens with zero attached hydrogens (tertiary/aromatic N) is 2. The van der Waals surface area contributed by atoms with Crippen molar-refractivity contribution in [2.24, 2.45) is 0 Å². The monoisotopic (exact) mass is 466 g/mol.